The lowest BCUT2D eigenvalue weighted by molar-refractivity contribution is 0.318. The Labute approximate surface area is 183 Å². The Morgan fingerprint density at radius 3 is 2.84 bits per heavy atom. The number of nitrogens with zero attached hydrogens (tertiary/aromatic N) is 2. The summed E-state index contributed by atoms with van der Waals surface area (Å²) in [5.41, 5.74) is 9.90. The monoisotopic (exact) mass is 408 g/mol. The van der Waals surface area contributed by atoms with Crippen molar-refractivity contribution in [2.45, 2.75) is 52.4 Å². The number of hydrogen-bond acceptors (Lipinski definition) is 3. The Balaban J connectivity index is 1.59. The number of pyridine rings is 2. The molecule has 3 nitrogen and oxygen atoms in total. The molecule has 0 unspecified atom stereocenters. The molecule has 2 aliphatic rings. The molecule has 4 aromatic rings. The lowest BCUT2D eigenvalue weighted by Gasteiger charge is -2.21. The summed E-state index contributed by atoms with van der Waals surface area (Å²) < 4.78 is 5.97. The van der Waals surface area contributed by atoms with Crippen LogP contribution < -0.4 is 4.74 Å². The van der Waals surface area contributed by atoms with Crippen LogP contribution in [0, 0.1) is 12.8 Å². The zero-order valence-corrected chi connectivity index (χ0v) is 18.4. The maximum absolute atomic E-state index is 5.97. The van der Waals surface area contributed by atoms with E-state index in [1.807, 2.05) is 6.20 Å². The molecule has 1 aliphatic heterocycles. The number of fused-ring (bicyclic) bond motifs is 1. The normalized spacial score (nSPS) is 15.4. The van der Waals surface area contributed by atoms with Crippen molar-refractivity contribution in [2.24, 2.45) is 5.92 Å². The summed E-state index contributed by atoms with van der Waals surface area (Å²) in [6.07, 6.45) is 9.04. The van der Waals surface area contributed by atoms with Gasteiger partial charge in [-0.15, -0.1) is 0 Å². The smallest absolute Gasteiger partial charge is 0.129 e. The van der Waals surface area contributed by atoms with E-state index in [0.29, 0.717) is 0 Å². The van der Waals surface area contributed by atoms with E-state index in [0.717, 1.165) is 48.6 Å². The summed E-state index contributed by atoms with van der Waals surface area (Å²) >= 11 is 0. The molecule has 156 valence electrons. The molecular formula is C28H28N2O. The first-order valence-electron chi connectivity index (χ1n) is 11.7. The van der Waals surface area contributed by atoms with E-state index in [9.17, 15) is 0 Å². The van der Waals surface area contributed by atoms with Crippen LogP contribution in [-0.2, 0) is 19.3 Å². The van der Waals surface area contributed by atoms with Gasteiger partial charge in [-0.1, -0.05) is 25.8 Å². The fourth-order valence-electron chi connectivity index (χ4n) is 5.25. The molecule has 0 spiro atoms. The van der Waals surface area contributed by atoms with Gasteiger partial charge in [-0.3, -0.25) is 9.97 Å². The molecule has 0 radical (unpaired) electrons. The first-order valence-corrected chi connectivity index (χ1v) is 11.7. The van der Waals surface area contributed by atoms with E-state index >= 15 is 0 Å². The molecule has 2 aromatic carbocycles. The van der Waals surface area contributed by atoms with Crippen LogP contribution in [0.3, 0.4) is 0 Å². The maximum atomic E-state index is 5.97. The molecule has 0 atom stereocenters. The first-order chi connectivity index (χ1) is 15.2. The van der Waals surface area contributed by atoms with Gasteiger partial charge in [-0.05, 0) is 84.7 Å². The van der Waals surface area contributed by atoms with E-state index in [-0.39, 0.29) is 0 Å². The van der Waals surface area contributed by atoms with Crippen molar-refractivity contribution in [2.75, 3.05) is 6.61 Å². The molecule has 1 aliphatic carbocycles. The van der Waals surface area contributed by atoms with E-state index < -0.39 is 0 Å². The van der Waals surface area contributed by atoms with Crippen LogP contribution in [0.15, 0.2) is 42.6 Å². The number of ether oxygens (including phenoxy) is 1. The number of rotatable bonds is 5. The number of hydrogen-bond donors (Lipinski definition) is 0. The number of benzene rings is 2. The predicted octanol–water partition coefficient (Wildman–Crippen LogP) is 6.60. The van der Waals surface area contributed by atoms with Crippen LogP contribution in [0.2, 0.25) is 0 Å². The van der Waals surface area contributed by atoms with Crippen molar-refractivity contribution in [1.29, 1.82) is 0 Å². The maximum Gasteiger partial charge on any atom is 0.129 e. The SMILES string of the molecule is CCc1c(C)cc2nc(CCC3CC3)ccc2c1-c1ccc2c3c(ccnc13)CCO2. The van der Waals surface area contributed by atoms with Crippen molar-refractivity contribution >= 4 is 21.8 Å². The second-order valence-corrected chi connectivity index (χ2v) is 9.16. The van der Waals surface area contributed by atoms with Gasteiger partial charge in [0, 0.05) is 34.6 Å². The third-order valence-electron chi connectivity index (χ3n) is 7.08. The average Bonchev–Trinajstić information content (AvgIpc) is 3.62. The van der Waals surface area contributed by atoms with E-state index in [1.165, 1.54) is 63.5 Å². The minimum Gasteiger partial charge on any atom is -0.493 e. The fourth-order valence-corrected chi connectivity index (χ4v) is 5.25. The van der Waals surface area contributed by atoms with Crippen LogP contribution in [0.5, 0.6) is 5.75 Å². The highest BCUT2D eigenvalue weighted by Gasteiger charge is 2.22. The molecular weight excluding hydrogens is 380 g/mol. The van der Waals surface area contributed by atoms with Crippen LogP contribution in [0.1, 0.15) is 48.6 Å². The summed E-state index contributed by atoms with van der Waals surface area (Å²) in [6, 6.07) is 13.3. The van der Waals surface area contributed by atoms with Gasteiger partial charge in [-0.2, -0.15) is 0 Å². The molecule has 31 heavy (non-hydrogen) atoms. The molecule has 3 heterocycles. The minimum absolute atomic E-state index is 0.743. The summed E-state index contributed by atoms with van der Waals surface area (Å²) in [6.45, 7) is 5.21. The lowest BCUT2D eigenvalue weighted by atomic mass is 9.88. The van der Waals surface area contributed by atoms with Gasteiger partial charge in [0.2, 0.25) is 0 Å². The second-order valence-electron chi connectivity index (χ2n) is 9.16. The number of aryl methyl sites for hydroxylation is 2. The summed E-state index contributed by atoms with van der Waals surface area (Å²) in [5, 5.41) is 2.41. The zero-order chi connectivity index (χ0) is 20.9. The van der Waals surface area contributed by atoms with E-state index in [2.05, 4.69) is 50.2 Å². The van der Waals surface area contributed by atoms with Crippen LogP contribution >= 0.6 is 0 Å². The van der Waals surface area contributed by atoms with Gasteiger partial charge < -0.3 is 4.74 Å². The van der Waals surface area contributed by atoms with Crippen LogP contribution in [0.4, 0.5) is 0 Å². The second kappa shape index (κ2) is 7.33. The van der Waals surface area contributed by atoms with Gasteiger partial charge in [0.05, 0.1) is 17.6 Å². The highest BCUT2D eigenvalue weighted by molar-refractivity contribution is 6.07. The molecule has 2 aromatic heterocycles. The van der Waals surface area contributed by atoms with Gasteiger partial charge in [-0.25, -0.2) is 0 Å². The molecule has 1 saturated carbocycles. The highest BCUT2D eigenvalue weighted by atomic mass is 16.5. The third kappa shape index (κ3) is 3.18. The molecule has 0 amide bonds. The summed E-state index contributed by atoms with van der Waals surface area (Å²) in [5.74, 6) is 1.90. The Hall–Kier alpha value is -2.94. The molecule has 0 saturated heterocycles. The summed E-state index contributed by atoms with van der Waals surface area (Å²) in [7, 11) is 0. The Kier molecular flexibility index (Phi) is 4.45. The third-order valence-corrected chi connectivity index (χ3v) is 7.08. The quantitative estimate of drug-likeness (QED) is 0.373. The van der Waals surface area contributed by atoms with Gasteiger partial charge >= 0.3 is 0 Å². The van der Waals surface area contributed by atoms with E-state index in [4.69, 9.17) is 14.7 Å². The van der Waals surface area contributed by atoms with E-state index in [1.54, 1.807) is 0 Å². The molecule has 1 fully saturated rings. The number of aromatic nitrogens is 2. The van der Waals surface area contributed by atoms with Crippen molar-refractivity contribution in [3.63, 3.8) is 0 Å². The standard InChI is InChI=1S/C28H28N2O/c1-3-21-17(2)16-24-22(9-8-20(30-24)7-6-18-4-5-18)27(21)23-10-11-25-26-19(13-15-31-25)12-14-29-28(23)26/h8-12,14,16,18H,3-7,13,15H2,1-2H3. The van der Waals surface area contributed by atoms with Crippen LogP contribution in [0.25, 0.3) is 32.9 Å². The van der Waals surface area contributed by atoms with Crippen LogP contribution in [-0.4, -0.2) is 16.6 Å². The van der Waals surface area contributed by atoms with Crippen molar-refractivity contribution in [3.8, 4) is 16.9 Å². The molecule has 0 N–H and O–H groups in total. The first kappa shape index (κ1) is 18.8. The van der Waals surface area contributed by atoms with Crippen molar-refractivity contribution < 1.29 is 4.74 Å². The average molecular weight is 409 g/mol. The topological polar surface area (TPSA) is 35.0 Å². The lowest BCUT2D eigenvalue weighted by Crippen LogP contribution is -2.09. The van der Waals surface area contributed by atoms with Gasteiger partial charge in [0.1, 0.15) is 5.75 Å². The molecule has 0 bridgehead atoms. The highest BCUT2D eigenvalue weighted by Crippen LogP contribution is 2.42. The largest absolute Gasteiger partial charge is 0.493 e. The Morgan fingerprint density at radius 1 is 1.10 bits per heavy atom. The fraction of sp³-hybridized carbons (Fsp3) is 0.357. The summed E-state index contributed by atoms with van der Waals surface area (Å²) in [4.78, 5) is 9.94. The molecule has 6 rings (SSSR count). The Bertz CT molecular complexity index is 1310. The van der Waals surface area contributed by atoms with Crippen molar-refractivity contribution in [1.82, 2.24) is 9.97 Å². The van der Waals surface area contributed by atoms with Crippen molar-refractivity contribution in [3.05, 3.63) is 65.0 Å². The molecule has 3 heteroatoms. The van der Waals surface area contributed by atoms with Gasteiger partial charge in [0.25, 0.3) is 0 Å². The minimum atomic E-state index is 0.743. The Morgan fingerprint density at radius 2 is 2.00 bits per heavy atom. The zero-order valence-electron chi connectivity index (χ0n) is 18.4. The van der Waals surface area contributed by atoms with Gasteiger partial charge in [0.15, 0.2) is 0 Å². The predicted molar refractivity (Wildman–Crippen MR) is 127 cm³/mol.